The number of carbonyl (C=O) groups excluding carboxylic acids is 1. The van der Waals surface area contributed by atoms with E-state index < -0.39 is 0 Å². The molecule has 2 amide bonds. The van der Waals surface area contributed by atoms with Crippen LogP contribution in [0.5, 0.6) is 11.5 Å². The van der Waals surface area contributed by atoms with Crippen LogP contribution < -0.4 is 19.7 Å². The van der Waals surface area contributed by atoms with Crippen LogP contribution in [-0.4, -0.2) is 63.9 Å². The first-order valence-corrected chi connectivity index (χ1v) is 9.73. The minimum absolute atomic E-state index is 0.135. The van der Waals surface area contributed by atoms with Gasteiger partial charge in [0.15, 0.2) is 23.1 Å². The number of ether oxygens (including phenoxy) is 2. The zero-order valence-corrected chi connectivity index (χ0v) is 16.5. The molecule has 2 aliphatic heterocycles. The summed E-state index contributed by atoms with van der Waals surface area (Å²) in [6.07, 6.45) is 1.86. The Morgan fingerprint density at radius 1 is 0.967 bits per heavy atom. The Morgan fingerprint density at radius 2 is 1.73 bits per heavy atom. The second-order valence-corrected chi connectivity index (χ2v) is 7.12. The third-order valence-electron chi connectivity index (χ3n) is 5.11. The number of aromatic nitrogens is 4. The smallest absolute Gasteiger partial charge is 0.321 e. The number of piperazine rings is 1. The summed E-state index contributed by atoms with van der Waals surface area (Å²) >= 11 is 0. The molecule has 1 N–H and O–H groups in total. The van der Waals surface area contributed by atoms with Crippen molar-refractivity contribution in [3.05, 3.63) is 48.3 Å². The van der Waals surface area contributed by atoms with Crippen molar-refractivity contribution in [3.8, 4) is 17.3 Å². The third kappa shape index (κ3) is 3.59. The molecule has 1 aromatic carbocycles. The van der Waals surface area contributed by atoms with Gasteiger partial charge in [0.05, 0.1) is 5.69 Å². The van der Waals surface area contributed by atoms with Gasteiger partial charge in [0.25, 0.3) is 0 Å². The molecule has 0 atom stereocenters. The second-order valence-electron chi connectivity index (χ2n) is 7.12. The molecule has 0 bridgehead atoms. The van der Waals surface area contributed by atoms with E-state index in [1.54, 1.807) is 27.8 Å². The molecule has 3 aromatic rings. The number of carbonyl (C=O) groups is 1. The first kappa shape index (κ1) is 18.2. The van der Waals surface area contributed by atoms with Gasteiger partial charge in [-0.2, -0.15) is 5.10 Å². The van der Waals surface area contributed by atoms with Crippen LogP contribution in [0.2, 0.25) is 0 Å². The predicted octanol–water partition coefficient (Wildman–Crippen LogP) is 2.05. The normalized spacial score (nSPS) is 15.4. The van der Waals surface area contributed by atoms with E-state index in [0.29, 0.717) is 49.2 Å². The van der Waals surface area contributed by atoms with E-state index in [0.717, 1.165) is 11.5 Å². The maximum absolute atomic E-state index is 12.6. The Kier molecular flexibility index (Phi) is 4.58. The predicted molar refractivity (Wildman–Crippen MR) is 109 cm³/mol. The Labute approximate surface area is 173 Å². The van der Waals surface area contributed by atoms with Crippen LogP contribution in [-0.2, 0) is 0 Å². The molecule has 4 heterocycles. The fourth-order valence-electron chi connectivity index (χ4n) is 3.47. The highest BCUT2D eigenvalue weighted by Gasteiger charge is 2.23. The van der Waals surface area contributed by atoms with E-state index in [1.807, 2.05) is 31.3 Å². The lowest BCUT2D eigenvalue weighted by atomic mass is 10.2. The number of hydrogen-bond acceptors (Lipinski definition) is 7. The SMILES string of the molecule is Cc1ccn(-c2ccc(N3CCN(C(=O)Nc4ccc5c(c4)OCO5)CC3)nn2)n1. The lowest BCUT2D eigenvalue weighted by Crippen LogP contribution is -2.50. The molecule has 1 saturated heterocycles. The Balaban J connectivity index is 1.17. The number of amides is 2. The summed E-state index contributed by atoms with van der Waals surface area (Å²) in [7, 11) is 0. The van der Waals surface area contributed by atoms with Gasteiger partial charge in [-0.05, 0) is 37.3 Å². The van der Waals surface area contributed by atoms with E-state index in [2.05, 4.69) is 25.5 Å². The molecule has 2 aromatic heterocycles. The van der Waals surface area contributed by atoms with Crippen LogP contribution in [0, 0.1) is 6.92 Å². The molecule has 30 heavy (non-hydrogen) atoms. The molecule has 0 spiro atoms. The van der Waals surface area contributed by atoms with E-state index in [1.165, 1.54) is 0 Å². The largest absolute Gasteiger partial charge is 0.454 e. The number of rotatable bonds is 3. The number of fused-ring (bicyclic) bond motifs is 1. The Hall–Kier alpha value is -3.82. The van der Waals surface area contributed by atoms with Gasteiger partial charge in [-0.25, -0.2) is 9.48 Å². The van der Waals surface area contributed by atoms with E-state index >= 15 is 0 Å². The van der Waals surface area contributed by atoms with Crippen molar-refractivity contribution >= 4 is 17.5 Å². The van der Waals surface area contributed by atoms with Crippen LogP contribution in [0.3, 0.4) is 0 Å². The first-order valence-electron chi connectivity index (χ1n) is 9.73. The minimum atomic E-state index is -0.135. The van der Waals surface area contributed by atoms with Crippen molar-refractivity contribution < 1.29 is 14.3 Å². The molecule has 5 rings (SSSR count). The molecule has 10 heteroatoms. The zero-order valence-electron chi connectivity index (χ0n) is 16.5. The van der Waals surface area contributed by atoms with Crippen molar-refractivity contribution in [3.63, 3.8) is 0 Å². The molecule has 154 valence electrons. The van der Waals surface area contributed by atoms with Crippen molar-refractivity contribution in [2.75, 3.05) is 43.2 Å². The monoisotopic (exact) mass is 407 g/mol. The van der Waals surface area contributed by atoms with Gasteiger partial charge in [0, 0.05) is 44.1 Å². The van der Waals surface area contributed by atoms with Crippen molar-refractivity contribution in [2.45, 2.75) is 6.92 Å². The average Bonchev–Trinajstić information content (AvgIpc) is 3.42. The standard InChI is InChI=1S/C20H21N7O3/c1-14-6-7-27(24-14)19-5-4-18(22-23-19)25-8-10-26(11-9-25)20(28)21-15-2-3-16-17(12-15)30-13-29-16/h2-7,12H,8-11,13H2,1H3,(H,21,28). The topological polar surface area (TPSA) is 97.6 Å². The maximum atomic E-state index is 12.6. The highest BCUT2D eigenvalue weighted by Crippen LogP contribution is 2.34. The van der Waals surface area contributed by atoms with Gasteiger partial charge in [-0.3, -0.25) is 0 Å². The summed E-state index contributed by atoms with van der Waals surface area (Å²) in [6.45, 7) is 4.70. The van der Waals surface area contributed by atoms with Crippen molar-refractivity contribution in [2.24, 2.45) is 0 Å². The van der Waals surface area contributed by atoms with Crippen molar-refractivity contribution in [1.29, 1.82) is 0 Å². The Bertz CT molecular complexity index is 1060. The fraction of sp³-hybridized carbons (Fsp3) is 0.300. The summed E-state index contributed by atoms with van der Waals surface area (Å²) in [5, 5.41) is 15.9. The number of benzene rings is 1. The lowest BCUT2D eigenvalue weighted by Gasteiger charge is -2.35. The number of nitrogens with zero attached hydrogens (tertiary/aromatic N) is 6. The van der Waals surface area contributed by atoms with Crippen molar-refractivity contribution in [1.82, 2.24) is 24.9 Å². The number of urea groups is 1. The maximum Gasteiger partial charge on any atom is 0.321 e. The van der Waals surface area contributed by atoms with Crippen LogP contribution in [0.1, 0.15) is 5.69 Å². The van der Waals surface area contributed by atoms with Gasteiger partial charge in [0.2, 0.25) is 6.79 Å². The minimum Gasteiger partial charge on any atom is -0.454 e. The third-order valence-corrected chi connectivity index (χ3v) is 5.11. The summed E-state index contributed by atoms with van der Waals surface area (Å²) < 4.78 is 12.3. The summed E-state index contributed by atoms with van der Waals surface area (Å²) in [6, 6.07) is 11.0. The molecular formula is C20H21N7O3. The lowest BCUT2D eigenvalue weighted by molar-refractivity contribution is 0.174. The Morgan fingerprint density at radius 3 is 2.47 bits per heavy atom. The van der Waals surface area contributed by atoms with E-state index in [9.17, 15) is 4.79 Å². The van der Waals surface area contributed by atoms with Crippen LogP contribution in [0.15, 0.2) is 42.6 Å². The van der Waals surface area contributed by atoms with Gasteiger partial charge in [-0.1, -0.05) is 0 Å². The summed E-state index contributed by atoms with van der Waals surface area (Å²) in [5.41, 5.74) is 1.61. The first-order chi connectivity index (χ1) is 14.7. The molecular weight excluding hydrogens is 386 g/mol. The molecule has 0 radical (unpaired) electrons. The summed E-state index contributed by atoms with van der Waals surface area (Å²) in [4.78, 5) is 16.5. The van der Waals surface area contributed by atoms with Gasteiger partial charge < -0.3 is 24.6 Å². The molecule has 0 unspecified atom stereocenters. The highest BCUT2D eigenvalue weighted by molar-refractivity contribution is 5.90. The van der Waals surface area contributed by atoms with Gasteiger partial charge in [0.1, 0.15) is 0 Å². The molecule has 0 saturated carbocycles. The van der Waals surface area contributed by atoms with Gasteiger partial charge >= 0.3 is 6.03 Å². The molecule has 10 nitrogen and oxygen atoms in total. The average molecular weight is 407 g/mol. The summed E-state index contributed by atoms with van der Waals surface area (Å²) in [5.74, 6) is 2.80. The van der Waals surface area contributed by atoms with E-state index in [-0.39, 0.29) is 12.8 Å². The second kappa shape index (κ2) is 7.54. The van der Waals surface area contributed by atoms with Crippen LogP contribution >= 0.6 is 0 Å². The number of hydrogen-bond donors (Lipinski definition) is 1. The zero-order chi connectivity index (χ0) is 20.5. The van der Waals surface area contributed by atoms with Gasteiger partial charge in [-0.15, -0.1) is 10.2 Å². The number of anilines is 2. The molecule has 1 fully saturated rings. The number of aryl methyl sites for hydroxylation is 1. The van der Waals surface area contributed by atoms with Crippen LogP contribution in [0.4, 0.5) is 16.3 Å². The van der Waals surface area contributed by atoms with Crippen LogP contribution in [0.25, 0.3) is 5.82 Å². The number of nitrogens with one attached hydrogen (secondary N) is 1. The quantitative estimate of drug-likeness (QED) is 0.710. The molecule has 2 aliphatic rings. The molecule has 0 aliphatic carbocycles. The highest BCUT2D eigenvalue weighted by atomic mass is 16.7. The fourth-order valence-corrected chi connectivity index (χ4v) is 3.47. The van der Waals surface area contributed by atoms with E-state index in [4.69, 9.17) is 9.47 Å².